The molecule has 0 unspecified atom stereocenters. The molecule has 7 heteroatoms. The summed E-state index contributed by atoms with van der Waals surface area (Å²) in [7, 11) is 0. The maximum absolute atomic E-state index is 12.0. The Morgan fingerprint density at radius 3 is 2.67 bits per heavy atom. The number of carbonyl (C=O) groups is 1. The van der Waals surface area contributed by atoms with Gasteiger partial charge in [0.05, 0.1) is 6.61 Å². The lowest BCUT2D eigenvalue weighted by Gasteiger charge is -2.09. The summed E-state index contributed by atoms with van der Waals surface area (Å²) < 4.78 is 44.5. The quantitative estimate of drug-likeness (QED) is 0.627. The predicted octanol–water partition coefficient (Wildman–Crippen LogP) is 1.74. The lowest BCUT2D eigenvalue weighted by atomic mass is 10.1. The van der Waals surface area contributed by atoms with E-state index >= 15 is 0 Å². The highest BCUT2D eigenvalue weighted by Crippen LogP contribution is 2.23. The summed E-state index contributed by atoms with van der Waals surface area (Å²) in [6.07, 6.45) is -4.78. The molecule has 0 saturated carbocycles. The second kappa shape index (κ2) is 6.36. The summed E-state index contributed by atoms with van der Waals surface area (Å²) in [4.78, 5) is 11.5. The first-order valence-corrected chi connectivity index (χ1v) is 5.09. The largest absolute Gasteiger partial charge is 0.573 e. The van der Waals surface area contributed by atoms with Crippen molar-refractivity contribution in [1.82, 2.24) is 0 Å². The molecule has 1 aromatic rings. The molecule has 0 aliphatic carbocycles. The number of halogens is 3. The first kappa shape index (κ1) is 14.5. The zero-order valence-electron chi connectivity index (χ0n) is 9.37. The van der Waals surface area contributed by atoms with Crippen LogP contribution in [0.3, 0.4) is 0 Å². The van der Waals surface area contributed by atoms with Crippen molar-refractivity contribution in [1.29, 1.82) is 0 Å². The summed E-state index contributed by atoms with van der Waals surface area (Å²) >= 11 is 0. The summed E-state index contributed by atoms with van der Waals surface area (Å²) in [6.45, 7) is 0.252. The van der Waals surface area contributed by atoms with Crippen LogP contribution in [0, 0.1) is 0 Å². The van der Waals surface area contributed by atoms with Crippen LogP contribution in [0.15, 0.2) is 24.3 Å². The molecule has 1 rings (SSSR count). The monoisotopic (exact) mass is 263 g/mol. The zero-order chi connectivity index (χ0) is 13.6. The normalized spacial score (nSPS) is 11.3. The van der Waals surface area contributed by atoms with Crippen LogP contribution in [0.4, 0.5) is 13.2 Å². The van der Waals surface area contributed by atoms with Gasteiger partial charge < -0.3 is 15.2 Å². The van der Waals surface area contributed by atoms with E-state index < -0.39 is 17.9 Å². The summed E-state index contributed by atoms with van der Waals surface area (Å²) in [5.41, 5.74) is 5.26. The highest BCUT2D eigenvalue weighted by atomic mass is 19.4. The Morgan fingerprint density at radius 1 is 1.33 bits per heavy atom. The summed E-state index contributed by atoms with van der Waals surface area (Å²) in [5, 5.41) is 0. The van der Waals surface area contributed by atoms with Crippen molar-refractivity contribution in [3.8, 4) is 5.75 Å². The van der Waals surface area contributed by atoms with Gasteiger partial charge in [-0.2, -0.15) is 0 Å². The van der Waals surface area contributed by atoms with Crippen LogP contribution in [-0.2, 0) is 4.74 Å². The Labute approximate surface area is 101 Å². The Bertz CT molecular complexity index is 407. The molecule has 2 N–H and O–H groups in total. The molecule has 18 heavy (non-hydrogen) atoms. The average Bonchev–Trinajstić information content (AvgIpc) is 2.27. The molecule has 0 amide bonds. The Morgan fingerprint density at radius 2 is 2.06 bits per heavy atom. The molecule has 0 bridgehead atoms. The van der Waals surface area contributed by atoms with E-state index in [9.17, 15) is 18.0 Å². The first-order valence-electron chi connectivity index (χ1n) is 5.09. The number of ketones is 1. The number of benzene rings is 1. The first-order chi connectivity index (χ1) is 8.42. The van der Waals surface area contributed by atoms with Crippen LogP contribution in [0.5, 0.6) is 5.75 Å². The molecule has 4 nitrogen and oxygen atoms in total. The number of nitrogens with two attached hydrogens (primary N) is 1. The van der Waals surface area contributed by atoms with E-state index in [4.69, 9.17) is 10.5 Å². The SMILES string of the molecule is NCCOCC(=O)c1cccc(OC(F)(F)F)c1. The highest BCUT2D eigenvalue weighted by Gasteiger charge is 2.31. The van der Waals surface area contributed by atoms with Gasteiger partial charge in [0.2, 0.25) is 0 Å². The minimum atomic E-state index is -4.78. The van der Waals surface area contributed by atoms with Gasteiger partial charge in [0.1, 0.15) is 12.4 Å². The van der Waals surface area contributed by atoms with Crippen LogP contribution >= 0.6 is 0 Å². The van der Waals surface area contributed by atoms with Crippen molar-refractivity contribution in [2.45, 2.75) is 6.36 Å². The standard InChI is InChI=1S/C11H12F3NO3/c12-11(13,14)18-9-3-1-2-8(6-9)10(16)7-17-5-4-15/h1-3,6H,4-5,7,15H2. The Kier molecular flexibility index (Phi) is 5.11. The molecule has 0 heterocycles. The molecular weight excluding hydrogens is 251 g/mol. The van der Waals surface area contributed by atoms with Gasteiger partial charge in [-0.1, -0.05) is 12.1 Å². The molecule has 0 atom stereocenters. The number of rotatable bonds is 6. The fourth-order valence-corrected chi connectivity index (χ4v) is 1.20. The second-order valence-corrected chi connectivity index (χ2v) is 3.34. The minimum absolute atomic E-state index is 0.0915. The third kappa shape index (κ3) is 5.15. The third-order valence-electron chi connectivity index (χ3n) is 1.88. The van der Waals surface area contributed by atoms with Gasteiger partial charge in [0.25, 0.3) is 0 Å². The van der Waals surface area contributed by atoms with Gasteiger partial charge >= 0.3 is 6.36 Å². The maximum Gasteiger partial charge on any atom is 0.573 e. The van der Waals surface area contributed by atoms with E-state index in [1.807, 2.05) is 0 Å². The number of hydrogen-bond acceptors (Lipinski definition) is 4. The zero-order valence-corrected chi connectivity index (χ0v) is 9.37. The van der Waals surface area contributed by atoms with Crippen LogP contribution in [0.25, 0.3) is 0 Å². The molecule has 0 aliphatic heterocycles. The topological polar surface area (TPSA) is 61.5 Å². The minimum Gasteiger partial charge on any atom is -0.406 e. The van der Waals surface area contributed by atoms with E-state index in [1.54, 1.807) is 0 Å². The Hall–Kier alpha value is -1.60. The fraction of sp³-hybridized carbons (Fsp3) is 0.364. The highest BCUT2D eigenvalue weighted by molar-refractivity contribution is 5.97. The van der Waals surface area contributed by atoms with Crippen molar-refractivity contribution in [3.63, 3.8) is 0 Å². The molecular formula is C11H12F3NO3. The molecule has 0 radical (unpaired) electrons. The van der Waals surface area contributed by atoms with E-state index in [0.29, 0.717) is 0 Å². The molecule has 0 aliphatic rings. The van der Waals surface area contributed by atoms with E-state index in [2.05, 4.69) is 4.74 Å². The number of hydrogen-bond donors (Lipinski definition) is 1. The number of Topliss-reactive ketones (excluding diaryl/α,β-unsaturated/α-hetero) is 1. The summed E-state index contributed by atoms with van der Waals surface area (Å²) in [5.74, 6) is -0.872. The lowest BCUT2D eigenvalue weighted by molar-refractivity contribution is -0.274. The van der Waals surface area contributed by atoms with E-state index in [-0.39, 0.29) is 25.3 Å². The average molecular weight is 263 g/mol. The van der Waals surface area contributed by atoms with Crippen molar-refractivity contribution < 1.29 is 27.4 Å². The van der Waals surface area contributed by atoms with E-state index in [1.165, 1.54) is 12.1 Å². The molecule has 1 aromatic carbocycles. The number of ether oxygens (including phenoxy) is 2. The van der Waals surface area contributed by atoms with Gasteiger partial charge in [0, 0.05) is 12.1 Å². The molecule has 0 aromatic heterocycles. The van der Waals surface area contributed by atoms with Crippen molar-refractivity contribution >= 4 is 5.78 Å². The van der Waals surface area contributed by atoms with Crippen molar-refractivity contribution in [2.24, 2.45) is 5.73 Å². The van der Waals surface area contributed by atoms with Crippen LogP contribution < -0.4 is 10.5 Å². The van der Waals surface area contributed by atoms with Crippen molar-refractivity contribution in [3.05, 3.63) is 29.8 Å². The fourth-order valence-electron chi connectivity index (χ4n) is 1.20. The predicted molar refractivity (Wildman–Crippen MR) is 57.3 cm³/mol. The van der Waals surface area contributed by atoms with Gasteiger partial charge in [-0.15, -0.1) is 13.2 Å². The molecule has 100 valence electrons. The maximum atomic E-state index is 12.0. The smallest absolute Gasteiger partial charge is 0.406 e. The van der Waals surface area contributed by atoms with Gasteiger partial charge in [0.15, 0.2) is 5.78 Å². The van der Waals surface area contributed by atoms with Crippen LogP contribution in [-0.4, -0.2) is 31.9 Å². The van der Waals surface area contributed by atoms with Gasteiger partial charge in [-0.05, 0) is 12.1 Å². The molecule has 0 spiro atoms. The lowest BCUT2D eigenvalue weighted by Crippen LogP contribution is -2.18. The molecule has 0 saturated heterocycles. The van der Waals surface area contributed by atoms with Crippen LogP contribution in [0.1, 0.15) is 10.4 Å². The van der Waals surface area contributed by atoms with Gasteiger partial charge in [-0.3, -0.25) is 4.79 Å². The molecule has 0 fully saturated rings. The van der Waals surface area contributed by atoms with Crippen molar-refractivity contribution in [2.75, 3.05) is 19.8 Å². The van der Waals surface area contributed by atoms with Gasteiger partial charge in [-0.25, -0.2) is 0 Å². The number of carbonyl (C=O) groups excluding carboxylic acids is 1. The summed E-state index contributed by atoms with van der Waals surface area (Å²) in [6, 6.07) is 4.82. The second-order valence-electron chi connectivity index (χ2n) is 3.34. The van der Waals surface area contributed by atoms with Crippen LogP contribution in [0.2, 0.25) is 0 Å². The third-order valence-corrected chi connectivity index (χ3v) is 1.88. The van der Waals surface area contributed by atoms with E-state index in [0.717, 1.165) is 12.1 Å². The number of alkyl halides is 3. The Balaban J connectivity index is 2.66.